The number of ether oxygens (including phenoxy) is 4. The molecule has 0 saturated carbocycles. The number of nitrogens with zero attached hydrogens (tertiary/aromatic N) is 3. The Morgan fingerprint density at radius 3 is 2.05 bits per heavy atom. The predicted octanol–water partition coefficient (Wildman–Crippen LogP) is 3.21. The van der Waals surface area contributed by atoms with Crippen molar-refractivity contribution in [1.29, 1.82) is 0 Å². The van der Waals surface area contributed by atoms with E-state index in [2.05, 4.69) is 15.3 Å². The van der Waals surface area contributed by atoms with E-state index < -0.39 is 34.7 Å². The lowest BCUT2D eigenvalue weighted by Crippen LogP contribution is -2.46. The second-order valence-electron chi connectivity index (χ2n) is 9.16. The van der Waals surface area contributed by atoms with Gasteiger partial charge in [-0.25, -0.2) is 14.8 Å². The van der Waals surface area contributed by atoms with Crippen LogP contribution in [0.5, 0.6) is 11.8 Å². The first-order valence-electron chi connectivity index (χ1n) is 12.8. The Kier molecular flexibility index (Phi) is 10.5. The van der Waals surface area contributed by atoms with Gasteiger partial charge in [-0.2, -0.15) is 0 Å². The van der Waals surface area contributed by atoms with E-state index in [4.69, 9.17) is 24.7 Å². The molecule has 3 N–H and O–H groups in total. The summed E-state index contributed by atoms with van der Waals surface area (Å²) in [6.45, 7) is 3.11. The van der Waals surface area contributed by atoms with Crippen LogP contribution in [0.25, 0.3) is 0 Å². The van der Waals surface area contributed by atoms with Crippen LogP contribution < -0.4 is 20.5 Å². The smallest absolute Gasteiger partial charge is 0.332 e. The summed E-state index contributed by atoms with van der Waals surface area (Å²) in [5.74, 6) is -2.61. The van der Waals surface area contributed by atoms with Gasteiger partial charge in [0.25, 0.3) is 11.5 Å². The number of nitrogens with two attached hydrogens (primary N) is 1. The summed E-state index contributed by atoms with van der Waals surface area (Å²) >= 11 is 0. The van der Waals surface area contributed by atoms with Crippen LogP contribution in [0, 0.1) is 10.1 Å². The van der Waals surface area contributed by atoms with Crippen molar-refractivity contribution in [3.05, 3.63) is 82.2 Å². The largest absolute Gasteiger partial charge is 0.481 e. The Morgan fingerprint density at radius 1 is 0.927 bits per heavy atom. The van der Waals surface area contributed by atoms with Gasteiger partial charge in [0.05, 0.1) is 19.1 Å². The van der Waals surface area contributed by atoms with E-state index in [1.165, 1.54) is 39.3 Å². The molecule has 1 aromatic carbocycles. The summed E-state index contributed by atoms with van der Waals surface area (Å²) in [5, 5.41) is 14.5. The fraction of sp³-hybridized carbons (Fsp3) is 0.357. The number of nitro benzene ring substituents is 1. The number of para-hydroxylation sites is 2. The Bertz CT molecular complexity index is 1370. The van der Waals surface area contributed by atoms with Crippen molar-refractivity contribution in [3.63, 3.8) is 0 Å². The number of rotatable bonds is 14. The maximum Gasteiger partial charge on any atom is 0.332 e. The minimum Gasteiger partial charge on any atom is -0.481 e. The third-order valence-electron chi connectivity index (χ3n) is 6.12. The van der Waals surface area contributed by atoms with Gasteiger partial charge in [-0.1, -0.05) is 31.2 Å². The number of hydrogen-bond acceptors (Lipinski definition) is 12. The van der Waals surface area contributed by atoms with E-state index >= 15 is 0 Å². The van der Waals surface area contributed by atoms with Crippen LogP contribution in [0.2, 0.25) is 0 Å². The molecule has 2 heterocycles. The van der Waals surface area contributed by atoms with E-state index in [1.54, 1.807) is 49.4 Å². The van der Waals surface area contributed by atoms with Gasteiger partial charge in [0.1, 0.15) is 17.8 Å². The molecule has 218 valence electrons. The number of benzene rings is 1. The van der Waals surface area contributed by atoms with Gasteiger partial charge in [0.2, 0.25) is 11.8 Å². The molecule has 13 nitrogen and oxygen atoms in total. The Hall–Kier alpha value is -4.78. The first kappa shape index (κ1) is 30.8. The average molecular weight is 568 g/mol. The molecule has 3 aromatic rings. The SMILES string of the molecule is CCC(C)(OC(=O)C(N)Cc1cccc(OC)n1)OC(=O)C(Cc1cccc(OC)n1)Nc1ccccc1[N+](=O)[O-]. The molecule has 0 radical (unpaired) electrons. The highest BCUT2D eigenvalue weighted by Crippen LogP contribution is 2.26. The molecule has 0 aliphatic rings. The molecule has 0 bridgehead atoms. The Labute approximate surface area is 237 Å². The zero-order chi connectivity index (χ0) is 30.0. The number of carbonyl (C=O) groups is 2. The lowest BCUT2D eigenvalue weighted by atomic mass is 10.1. The van der Waals surface area contributed by atoms with Crippen LogP contribution in [0.4, 0.5) is 11.4 Å². The first-order valence-corrected chi connectivity index (χ1v) is 12.8. The zero-order valence-electron chi connectivity index (χ0n) is 23.2. The number of carbonyl (C=O) groups excluding carboxylic acids is 2. The number of nitro groups is 1. The van der Waals surface area contributed by atoms with Gasteiger partial charge >= 0.3 is 11.9 Å². The standard InChI is InChI=1S/C28H33N5O8/c1-5-28(2,40-26(34)20(29)16-18-10-8-14-24(30-18)38-3)41-27(35)22(17-19-11-9-15-25(31-19)39-4)32-21-12-6-7-13-23(21)33(36)37/h6-15,20,22,32H,5,16-17,29H2,1-4H3. The summed E-state index contributed by atoms with van der Waals surface area (Å²) in [5.41, 5.74) is 6.92. The van der Waals surface area contributed by atoms with Crippen molar-refractivity contribution in [1.82, 2.24) is 9.97 Å². The molecular weight excluding hydrogens is 534 g/mol. The van der Waals surface area contributed by atoms with E-state index in [0.717, 1.165) is 0 Å². The van der Waals surface area contributed by atoms with Crippen molar-refractivity contribution < 1.29 is 33.5 Å². The number of anilines is 1. The molecule has 13 heteroatoms. The van der Waals surface area contributed by atoms with Crippen LogP contribution in [-0.4, -0.2) is 58.9 Å². The predicted molar refractivity (Wildman–Crippen MR) is 148 cm³/mol. The van der Waals surface area contributed by atoms with Gasteiger partial charge in [-0.3, -0.25) is 14.9 Å². The van der Waals surface area contributed by atoms with Crippen LogP contribution in [-0.2, 0) is 31.9 Å². The molecule has 3 atom stereocenters. The fourth-order valence-electron chi connectivity index (χ4n) is 3.76. The average Bonchev–Trinajstić information content (AvgIpc) is 2.97. The van der Waals surface area contributed by atoms with Crippen LogP contribution in [0.1, 0.15) is 31.7 Å². The minimum atomic E-state index is -1.68. The molecule has 0 fully saturated rings. The highest BCUT2D eigenvalue weighted by molar-refractivity contribution is 5.82. The second-order valence-corrected chi connectivity index (χ2v) is 9.16. The second kappa shape index (κ2) is 14.0. The van der Waals surface area contributed by atoms with Gasteiger partial charge in [0.15, 0.2) is 0 Å². The molecule has 41 heavy (non-hydrogen) atoms. The van der Waals surface area contributed by atoms with E-state index in [0.29, 0.717) is 23.1 Å². The minimum absolute atomic E-state index is 0.0170. The van der Waals surface area contributed by atoms with Crippen molar-refractivity contribution in [2.45, 2.75) is 51.0 Å². The van der Waals surface area contributed by atoms with Gasteiger partial charge < -0.3 is 30.0 Å². The van der Waals surface area contributed by atoms with Crippen molar-refractivity contribution >= 4 is 23.3 Å². The monoisotopic (exact) mass is 567 g/mol. The van der Waals surface area contributed by atoms with E-state index in [-0.39, 0.29) is 30.6 Å². The highest BCUT2D eigenvalue weighted by atomic mass is 16.7. The number of esters is 2. The number of hydrogen-bond donors (Lipinski definition) is 2. The molecule has 0 saturated heterocycles. The maximum absolute atomic E-state index is 13.5. The molecule has 3 unspecified atom stereocenters. The Balaban J connectivity index is 1.80. The third kappa shape index (κ3) is 8.60. The summed E-state index contributed by atoms with van der Waals surface area (Å²) < 4.78 is 21.5. The quantitative estimate of drug-likeness (QED) is 0.126. The maximum atomic E-state index is 13.5. The number of methoxy groups -OCH3 is 2. The third-order valence-corrected chi connectivity index (χ3v) is 6.12. The van der Waals surface area contributed by atoms with Crippen LogP contribution in [0.15, 0.2) is 60.7 Å². The Morgan fingerprint density at radius 2 is 1.49 bits per heavy atom. The summed E-state index contributed by atoms with van der Waals surface area (Å²) in [6.07, 6.45) is 0.147. The fourth-order valence-corrected chi connectivity index (χ4v) is 3.76. The summed E-state index contributed by atoms with van der Waals surface area (Å²) in [4.78, 5) is 46.0. The van der Waals surface area contributed by atoms with Crippen LogP contribution in [0.3, 0.4) is 0 Å². The highest BCUT2D eigenvalue weighted by Gasteiger charge is 2.36. The van der Waals surface area contributed by atoms with Crippen molar-refractivity contribution in [2.75, 3.05) is 19.5 Å². The summed E-state index contributed by atoms with van der Waals surface area (Å²) in [6, 6.07) is 13.7. The molecule has 0 spiro atoms. The summed E-state index contributed by atoms with van der Waals surface area (Å²) in [7, 11) is 2.93. The topological polar surface area (TPSA) is 178 Å². The van der Waals surface area contributed by atoms with E-state index in [1.807, 2.05) is 0 Å². The van der Waals surface area contributed by atoms with Gasteiger partial charge in [-0.05, 0) is 18.2 Å². The van der Waals surface area contributed by atoms with Crippen LogP contribution >= 0.6 is 0 Å². The van der Waals surface area contributed by atoms with Gasteiger partial charge in [0, 0.05) is 55.8 Å². The molecule has 0 aliphatic heterocycles. The number of aromatic nitrogens is 2. The lowest BCUT2D eigenvalue weighted by Gasteiger charge is -2.31. The van der Waals surface area contributed by atoms with Crippen molar-refractivity contribution in [2.24, 2.45) is 5.73 Å². The zero-order valence-corrected chi connectivity index (χ0v) is 23.2. The molecule has 0 amide bonds. The van der Waals surface area contributed by atoms with E-state index in [9.17, 15) is 19.7 Å². The molecular formula is C28H33N5O8. The number of nitrogens with one attached hydrogen (secondary N) is 1. The molecule has 0 aliphatic carbocycles. The van der Waals surface area contributed by atoms with Crippen molar-refractivity contribution in [3.8, 4) is 11.8 Å². The first-order chi connectivity index (χ1) is 19.6. The number of pyridine rings is 2. The normalized spacial score (nSPS) is 13.7. The molecule has 3 rings (SSSR count). The van der Waals surface area contributed by atoms with Gasteiger partial charge in [-0.15, -0.1) is 0 Å². The molecule has 2 aromatic heterocycles. The lowest BCUT2D eigenvalue weighted by molar-refractivity contribution is -0.384.